The highest BCUT2D eigenvalue weighted by Crippen LogP contribution is 2.63. The maximum absolute atomic E-state index is 13.5. The first-order valence-corrected chi connectivity index (χ1v) is 6.80. The minimum atomic E-state index is -0.377. The van der Waals surface area contributed by atoms with Gasteiger partial charge in [-0.3, -0.25) is 0 Å². The van der Waals surface area contributed by atoms with Gasteiger partial charge >= 0.3 is 0 Å². The normalized spacial score (nSPS) is 31.7. The summed E-state index contributed by atoms with van der Waals surface area (Å²) in [7, 11) is 0. The second-order valence-corrected chi connectivity index (χ2v) is 6.46. The molecule has 19 heavy (non-hydrogen) atoms. The van der Waals surface area contributed by atoms with Crippen molar-refractivity contribution in [1.82, 2.24) is 4.57 Å². The summed E-state index contributed by atoms with van der Waals surface area (Å²) < 4.78 is 15.7. The summed E-state index contributed by atoms with van der Waals surface area (Å²) in [5.41, 5.74) is 8.29. The quantitative estimate of drug-likeness (QED) is 0.894. The van der Waals surface area contributed by atoms with Gasteiger partial charge in [0.2, 0.25) is 0 Å². The number of nitrogens with zero attached hydrogens (tertiary/aromatic N) is 1. The van der Waals surface area contributed by atoms with E-state index in [9.17, 15) is 4.39 Å². The highest BCUT2D eigenvalue weighted by atomic mass is 35.5. The minimum absolute atomic E-state index is 0.0941. The number of hydrogen-bond donors (Lipinski definition) is 1. The lowest BCUT2D eigenvalue weighted by molar-refractivity contribution is -0.114. The van der Waals surface area contributed by atoms with Crippen molar-refractivity contribution in [3.8, 4) is 11.1 Å². The Morgan fingerprint density at radius 2 is 1.89 bits per heavy atom. The van der Waals surface area contributed by atoms with Crippen LogP contribution in [-0.4, -0.2) is 10.1 Å². The van der Waals surface area contributed by atoms with Crippen LogP contribution < -0.4 is 5.73 Å². The third kappa shape index (κ3) is 1.52. The first-order valence-electron chi connectivity index (χ1n) is 6.43. The van der Waals surface area contributed by atoms with Crippen molar-refractivity contribution in [3.05, 3.63) is 47.5 Å². The van der Waals surface area contributed by atoms with Crippen LogP contribution in [0.4, 0.5) is 4.39 Å². The van der Waals surface area contributed by atoms with E-state index in [1.807, 2.05) is 12.1 Å². The molecule has 0 spiro atoms. The van der Waals surface area contributed by atoms with Crippen LogP contribution in [0.2, 0.25) is 5.02 Å². The van der Waals surface area contributed by atoms with E-state index >= 15 is 0 Å². The van der Waals surface area contributed by atoms with E-state index in [0.717, 1.165) is 30.4 Å². The summed E-state index contributed by atoms with van der Waals surface area (Å²) >= 11 is 5.71. The fourth-order valence-electron chi connectivity index (χ4n) is 3.62. The van der Waals surface area contributed by atoms with Crippen LogP contribution in [0.25, 0.3) is 11.1 Å². The van der Waals surface area contributed by atoms with E-state index in [0.29, 0.717) is 0 Å². The number of rotatable bonds is 2. The zero-order chi connectivity index (χ0) is 13.3. The second-order valence-electron chi connectivity index (χ2n) is 6.05. The first-order chi connectivity index (χ1) is 9.00. The molecule has 3 aliphatic rings. The van der Waals surface area contributed by atoms with Gasteiger partial charge < -0.3 is 10.3 Å². The van der Waals surface area contributed by atoms with Gasteiger partial charge in [0.05, 0.1) is 5.02 Å². The summed E-state index contributed by atoms with van der Waals surface area (Å²) in [6.45, 7) is 0. The fraction of sp³-hybridized carbons (Fsp3) is 0.333. The van der Waals surface area contributed by atoms with Crippen molar-refractivity contribution in [3.63, 3.8) is 0 Å². The molecule has 5 rings (SSSR count). The SMILES string of the molecule is NC12CC(n3ccc(-c4ccc(Cl)c(F)c4)c3)(C1)C2. The topological polar surface area (TPSA) is 30.9 Å². The zero-order valence-corrected chi connectivity index (χ0v) is 11.1. The molecule has 4 heteroatoms. The molecule has 2 N–H and O–H groups in total. The Bertz CT molecular complexity index is 657. The van der Waals surface area contributed by atoms with Crippen molar-refractivity contribution in [1.29, 1.82) is 0 Å². The molecule has 0 amide bonds. The molecule has 0 unspecified atom stereocenters. The first kappa shape index (κ1) is 11.5. The Morgan fingerprint density at radius 1 is 1.16 bits per heavy atom. The predicted octanol–water partition coefficient (Wildman–Crippen LogP) is 3.54. The molecule has 1 aromatic carbocycles. The van der Waals surface area contributed by atoms with E-state index < -0.39 is 0 Å². The molecule has 2 bridgehead atoms. The number of aromatic nitrogens is 1. The summed E-state index contributed by atoms with van der Waals surface area (Å²) in [5.74, 6) is -0.377. The minimum Gasteiger partial charge on any atom is -0.347 e. The van der Waals surface area contributed by atoms with Crippen molar-refractivity contribution in [2.45, 2.75) is 30.3 Å². The Morgan fingerprint density at radius 3 is 2.53 bits per heavy atom. The third-order valence-electron chi connectivity index (χ3n) is 4.54. The second kappa shape index (κ2) is 3.41. The fourth-order valence-corrected chi connectivity index (χ4v) is 3.74. The highest BCUT2D eigenvalue weighted by Gasteiger charge is 2.66. The Hall–Kier alpha value is -1.32. The molecular formula is C15H14ClFN2. The van der Waals surface area contributed by atoms with E-state index in [-0.39, 0.29) is 21.9 Å². The van der Waals surface area contributed by atoms with Crippen LogP contribution in [0.3, 0.4) is 0 Å². The Labute approximate surface area is 116 Å². The molecule has 0 radical (unpaired) electrons. The van der Waals surface area contributed by atoms with Crippen molar-refractivity contribution in [2.24, 2.45) is 5.73 Å². The monoisotopic (exact) mass is 276 g/mol. The van der Waals surface area contributed by atoms with Gasteiger partial charge in [-0.05, 0) is 48.6 Å². The van der Waals surface area contributed by atoms with Crippen molar-refractivity contribution in [2.75, 3.05) is 0 Å². The van der Waals surface area contributed by atoms with Gasteiger partial charge in [-0.1, -0.05) is 17.7 Å². The molecule has 0 atom stereocenters. The maximum atomic E-state index is 13.5. The van der Waals surface area contributed by atoms with Gasteiger partial charge in [0, 0.05) is 23.5 Å². The van der Waals surface area contributed by atoms with Gasteiger partial charge in [0.15, 0.2) is 0 Å². The summed E-state index contributed by atoms with van der Waals surface area (Å²) in [6, 6.07) is 6.94. The van der Waals surface area contributed by atoms with Crippen LogP contribution in [-0.2, 0) is 5.54 Å². The summed E-state index contributed by atoms with van der Waals surface area (Å²) in [6.07, 6.45) is 7.33. The summed E-state index contributed by atoms with van der Waals surface area (Å²) in [4.78, 5) is 0. The van der Waals surface area contributed by atoms with Crippen LogP contribution in [0, 0.1) is 5.82 Å². The summed E-state index contributed by atoms with van der Waals surface area (Å²) in [5, 5.41) is 0.160. The van der Waals surface area contributed by atoms with Crippen LogP contribution in [0.15, 0.2) is 36.7 Å². The van der Waals surface area contributed by atoms with Gasteiger partial charge in [-0.2, -0.15) is 0 Å². The smallest absolute Gasteiger partial charge is 0.142 e. The van der Waals surface area contributed by atoms with Gasteiger partial charge in [0.25, 0.3) is 0 Å². The van der Waals surface area contributed by atoms with Crippen LogP contribution >= 0.6 is 11.6 Å². The van der Waals surface area contributed by atoms with E-state index in [1.165, 1.54) is 6.07 Å². The van der Waals surface area contributed by atoms with Crippen molar-refractivity contribution < 1.29 is 4.39 Å². The number of benzene rings is 1. The molecule has 1 aromatic heterocycles. The molecule has 2 nitrogen and oxygen atoms in total. The highest BCUT2D eigenvalue weighted by molar-refractivity contribution is 6.30. The molecule has 0 saturated heterocycles. The lowest BCUT2D eigenvalue weighted by atomic mass is 9.44. The van der Waals surface area contributed by atoms with Crippen LogP contribution in [0.5, 0.6) is 0 Å². The van der Waals surface area contributed by atoms with Crippen LogP contribution in [0.1, 0.15) is 19.3 Å². The number of hydrogen-bond acceptors (Lipinski definition) is 1. The number of halogens is 2. The molecule has 98 valence electrons. The number of nitrogens with two attached hydrogens (primary N) is 1. The Balaban J connectivity index is 1.66. The van der Waals surface area contributed by atoms with E-state index in [1.54, 1.807) is 6.07 Å². The zero-order valence-electron chi connectivity index (χ0n) is 10.4. The van der Waals surface area contributed by atoms with Crippen molar-refractivity contribution >= 4 is 11.6 Å². The maximum Gasteiger partial charge on any atom is 0.142 e. The average Bonchev–Trinajstić information content (AvgIpc) is 2.77. The molecule has 3 saturated carbocycles. The molecule has 1 heterocycles. The van der Waals surface area contributed by atoms with Gasteiger partial charge in [0.1, 0.15) is 5.82 Å². The molecule has 0 aliphatic heterocycles. The third-order valence-corrected chi connectivity index (χ3v) is 4.84. The van der Waals surface area contributed by atoms with E-state index in [4.69, 9.17) is 17.3 Å². The molecule has 2 aromatic rings. The van der Waals surface area contributed by atoms with Gasteiger partial charge in [-0.15, -0.1) is 0 Å². The standard InChI is InChI=1S/C15H14ClFN2/c16-12-2-1-10(5-13(12)17)11-3-4-19(6-11)15-7-14(18,8-15)9-15/h1-6H,7-9,18H2. The Kier molecular flexibility index (Phi) is 2.06. The van der Waals surface area contributed by atoms with Gasteiger partial charge in [-0.25, -0.2) is 4.39 Å². The molecular weight excluding hydrogens is 263 g/mol. The average molecular weight is 277 g/mol. The lowest BCUT2D eigenvalue weighted by Gasteiger charge is -2.69. The molecule has 3 fully saturated rings. The lowest BCUT2D eigenvalue weighted by Crippen LogP contribution is -2.76. The largest absolute Gasteiger partial charge is 0.347 e. The molecule has 3 aliphatic carbocycles. The predicted molar refractivity (Wildman–Crippen MR) is 73.6 cm³/mol. The van der Waals surface area contributed by atoms with E-state index in [2.05, 4.69) is 17.0 Å².